The second-order valence-electron chi connectivity index (χ2n) is 4.16. The van der Waals surface area contributed by atoms with Gasteiger partial charge in [-0.3, -0.25) is 5.10 Å². The Hall–Kier alpha value is -2.11. The largest absolute Gasteiger partial charge is 0.325 e. The molecule has 3 rings (SSSR count). The summed E-state index contributed by atoms with van der Waals surface area (Å²) in [5.41, 5.74) is 1.43. The fraction of sp³-hybridized carbons (Fsp3) is 0.364. The highest BCUT2D eigenvalue weighted by Crippen LogP contribution is 2.15. The maximum absolute atomic E-state index is 11.9. The molecule has 88 valence electrons. The molecule has 0 aliphatic carbocycles. The molecule has 1 aliphatic heterocycles. The molecular formula is C11H13N5O. The SMILES string of the molecule is O=C(Nc1cnc2[nH]ncc2c1)N1CCCC1. The Morgan fingerprint density at radius 3 is 3.00 bits per heavy atom. The zero-order chi connectivity index (χ0) is 11.7. The van der Waals surface area contributed by atoms with Gasteiger partial charge >= 0.3 is 6.03 Å². The maximum Gasteiger partial charge on any atom is 0.321 e. The fourth-order valence-corrected chi connectivity index (χ4v) is 2.03. The Bertz CT molecular complexity index is 544. The molecule has 6 nitrogen and oxygen atoms in total. The molecular weight excluding hydrogens is 218 g/mol. The van der Waals surface area contributed by atoms with Crippen LogP contribution in [0.15, 0.2) is 18.5 Å². The predicted molar refractivity (Wildman–Crippen MR) is 63.7 cm³/mol. The Labute approximate surface area is 98.0 Å². The van der Waals surface area contributed by atoms with Crippen molar-refractivity contribution in [2.75, 3.05) is 18.4 Å². The molecule has 1 aliphatic rings. The second-order valence-corrected chi connectivity index (χ2v) is 4.16. The van der Waals surface area contributed by atoms with Crippen LogP contribution in [0.5, 0.6) is 0 Å². The van der Waals surface area contributed by atoms with Gasteiger partial charge in [0, 0.05) is 18.5 Å². The number of likely N-dealkylation sites (tertiary alicyclic amines) is 1. The van der Waals surface area contributed by atoms with E-state index in [4.69, 9.17) is 0 Å². The van der Waals surface area contributed by atoms with Crippen molar-refractivity contribution < 1.29 is 4.79 Å². The van der Waals surface area contributed by atoms with E-state index in [9.17, 15) is 4.79 Å². The average molecular weight is 231 g/mol. The van der Waals surface area contributed by atoms with Gasteiger partial charge in [0.2, 0.25) is 0 Å². The first-order valence-electron chi connectivity index (χ1n) is 5.68. The summed E-state index contributed by atoms with van der Waals surface area (Å²) in [5.74, 6) is 0. The summed E-state index contributed by atoms with van der Waals surface area (Å²) in [6.07, 6.45) is 5.50. The van der Waals surface area contributed by atoms with Crippen LogP contribution in [0.3, 0.4) is 0 Å². The van der Waals surface area contributed by atoms with Gasteiger partial charge < -0.3 is 10.2 Å². The molecule has 2 amide bonds. The van der Waals surface area contributed by atoms with E-state index in [1.807, 2.05) is 11.0 Å². The zero-order valence-corrected chi connectivity index (χ0v) is 9.31. The Morgan fingerprint density at radius 2 is 2.18 bits per heavy atom. The monoisotopic (exact) mass is 231 g/mol. The molecule has 2 N–H and O–H groups in total. The van der Waals surface area contributed by atoms with Crippen molar-refractivity contribution >= 4 is 22.8 Å². The number of amides is 2. The molecule has 0 unspecified atom stereocenters. The highest BCUT2D eigenvalue weighted by atomic mass is 16.2. The summed E-state index contributed by atoms with van der Waals surface area (Å²) in [4.78, 5) is 17.8. The lowest BCUT2D eigenvalue weighted by Crippen LogP contribution is -2.32. The van der Waals surface area contributed by atoms with Gasteiger partial charge in [-0.15, -0.1) is 0 Å². The molecule has 0 radical (unpaired) electrons. The highest BCUT2D eigenvalue weighted by molar-refractivity contribution is 5.91. The van der Waals surface area contributed by atoms with E-state index in [-0.39, 0.29) is 6.03 Å². The first kappa shape index (κ1) is 10.1. The molecule has 1 fully saturated rings. The number of urea groups is 1. The number of rotatable bonds is 1. The molecule has 0 bridgehead atoms. The van der Waals surface area contributed by atoms with Crippen molar-refractivity contribution in [2.24, 2.45) is 0 Å². The maximum atomic E-state index is 11.9. The minimum Gasteiger partial charge on any atom is -0.325 e. The van der Waals surface area contributed by atoms with Gasteiger partial charge in [0.15, 0.2) is 5.65 Å². The Morgan fingerprint density at radius 1 is 1.35 bits per heavy atom. The lowest BCUT2D eigenvalue weighted by molar-refractivity contribution is 0.222. The van der Waals surface area contributed by atoms with Gasteiger partial charge in [-0.2, -0.15) is 5.10 Å². The summed E-state index contributed by atoms with van der Waals surface area (Å²) in [6, 6.07) is 1.81. The summed E-state index contributed by atoms with van der Waals surface area (Å²) >= 11 is 0. The molecule has 0 saturated carbocycles. The highest BCUT2D eigenvalue weighted by Gasteiger charge is 2.17. The van der Waals surface area contributed by atoms with Crippen molar-refractivity contribution in [1.82, 2.24) is 20.1 Å². The van der Waals surface area contributed by atoms with Gasteiger partial charge in [0.25, 0.3) is 0 Å². The normalized spacial score (nSPS) is 15.4. The van der Waals surface area contributed by atoms with Gasteiger partial charge in [0.05, 0.1) is 18.1 Å². The van der Waals surface area contributed by atoms with Crippen molar-refractivity contribution in [1.29, 1.82) is 0 Å². The number of carbonyl (C=O) groups is 1. The molecule has 3 heterocycles. The number of anilines is 1. The lowest BCUT2D eigenvalue weighted by Gasteiger charge is -2.15. The number of hydrogen-bond acceptors (Lipinski definition) is 3. The number of nitrogens with one attached hydrogen (secondary N) is 2. The van der Waals surface area contributed by atoms with E-state index in [0.29, 0.717) is 5.69 Å². The average Bonchev–Trinajstić information content (AvgIpc) is 2.99. The number of hydrogen-bond donors (Lipinski definition) is 2. The first-order chi connectivity index (χ1) is 8.33. The number of H-pyrrole nitrogens is 1. The van der Waals surface area contributed by atoms with Crippen LogP contribution < -0.4 is 5.32 Å². The molecule has 6 heteroatoms. The van der Waals surface area contributed by atoms with E-state index in [2.05, 4.69) is 20.5 Å². The van der Waals surface area contributed by atoms with Crippen LogP contribution in [0, 0.1) is 0 Å². The minimum atomic E-state index is -0.0489. The molecule has 17 heavy (non-hydrogen) atoms. The Kier molecular flexibility index (Phi) is 2.40. The van der Waals surface area contributed by atoms with Gasteiger partial charge in [-0.25, -0.2) is 9.78 Å². The van der Waals surface area contributed by atoms with Crippen molar-refractivity contribution in [3.63, 3.8) is 0 Å². The van der Waals surface area contributed by atoms with Crippen LogP contribution in [-0.2, 0) is 0 Å². The predicted octanol–water partition coefficient (Wildman–Crippen LogP) is 1.59. The first-order valence-corrected chi connectivity index (χ1v) is 5.68. The van der Waals surface area contributed by atoms with Gasteiger partial charge in [-0.05, 0) is 18.9 Å². The molecule has 2 aromatic rings. The lowest BCUT2D eigenvalue weighted by atomic mass is 10.3. The molecule has 0 atom stereocenters. The topological polar surface area (TPSA) is 73.9 Å². The third kappa shape index (κ3) is 1.93. The van der Waals surface area contributed by atoms with E-state index in [1.54, 1.807) is 12.4 Å². The number of carbonyl (C=O) groups excluding carboxylic acids is 1. The summed E-state index contributed by atoms with van der Waals surface area (Å²) in [7, 11) is 0. The van der Waals surface area contributed by atoms with Gasteiger partial charge in [0.1, 0.15) is 0 Å². The molecule has 2 aromatic heterocycles. The standard InChI is InChI=1S/C11H13N5O/c17-11(16-3-1-2-4-16)14-9-5-8-6-13-15-10(8)12-7-9/h5-7H,1-4H2,(H,14,17)(H,12,13,15). The Balaban J connectivity index is 1.77. The van der Waals surface area contributed by atoms with Crippen LogP contribution in [-0.4, -0.2) is 39.2 Å². The third-order valence-corrected chi connectivity index (χ3v) is 2.94. The van der Waals surface area contributed by atoms with E-state index in [1.165, 1.54) is 0 Å². The van der Waals surface area contributed by atoms with Gasteiger partial charge in [-0.1, -0.05) is 0 Å². The van der Waals surface area contributed by atoms with Crippen molar-refractivity contribution in [3.8, 4) is 0 Å². The van der Waals surface area contributed by atoms with Crippen molar-refractivity contribution in [3.05, 3.63) is 18.5 Å². The zero-order valence-electron chi connectivity index (χ0n) is 9.31. The number of nitrogens with zero attached hydrogens (tertiary/aromatic N) is 3. The minimum absolute atomic E-state index is 0.0489. The summed E-state index contributed by atoms with van der Waals surface area (Å²) < 4.78 is 0. The van der Waals surface area contributed by atoms with Crippen LogP contribution >= 0.6 is 0 Å². The fourth-order valence-electron chi connectivity index (χ4n) is 2.03. The number of fused-ring (bicyclic) bond motifs is 1. The smallest absolute Gasteiger partial charge is 0.321 e. The number of aromatic nitrogens is 3. The van der Waals surface area contributed by atoms with Crippen LogP contribution in [0.25, 0.3) is 11.0 Å². The molecule has 1 saturated heterocycles. The van der Waals surface area contributed by atoms with Crippen LogP contribution in [0.1, 0.15) is 12.8 Å². The number of pyridine rings is 1. The molecule has 0 spiro atoms. The summed E-state index contributed by atoms with van der Waals surface area (Å²) in [5, 5.41) is 10.4. The summed E-state index contributed by atoms with van der Waals surface area (Å²) in [6.45, 7) is 1.68. The quantitative estimate of drug-likeness (QED) is 0.782. The van der Waals surface area contributed by atoms with Crippen molar-refractivity contribution in [2.45, 2.75) is 12.8 Å². The second kappa shape index (κ2) is 4.04. The van der Waals surface area contributed by atoms with E-state index < -0.39 is 0 Å². The van der Waals surface area contributed by atoms with E-state index >= 15 is 0 Å². The van der Waals surface area contributed by atoms with Crippen LogP contribution in [0.2, 0.25) is 0 Å². The molecule has 0 aromatic carbocycles. The number of aromatic amines is 1. The third-order valence-electron chi connectivity index (χ3n) is 2.94. The van der Waals surface area contributed by atoms with E-state index in [0.717, 1.165) is 37.0 Å². The van der Waals surface area contributed by atoms with Crippen LogP contribution in [0.4, 0.5) is 10.5 Å².